The van der Waals surface area contributed by atoms with Gasteiger partial charge in [0.05, 0.1) is 0 Å². The Hall–Kier alpha value is -0.0831. The second-order valence-corrected chi connectivity index (χ2v) is 7.10. The molecule has 0 aromatic rings. The van der Waals surface area contributed by atoms with Crippen LogP contribution in [0.5, 0.6) is 0 Å². The molecule has 1 radical (unpaired) electrons. The zero-order valence-corrected chi connectivity index (χ0v) is 13.1. The summed E-state index contributed by atoms with van der Waals surface area (Å²) in [7, 11) is -0.512. The zero-order chi connectivity index (χ0) is 12.9. The number of hydrogen-bond acceptors (Lipinski definition) is 1. The average molecular weight is 255 g/mol. The van der Waals surface area contributed by atoms with E-state index in [0.717, 1.165) is 0 Å². The number of allylic oxidation sites excluding steroid dienone is 1. The van der Waals surface area contributed by atoms with Crippen molar-refractivity contribution in [3.05, 3.63) is 12.7 Å². The highest BCUT2D eigenvalue weighted by Gasteiger charge is 2.08. The summed E-state index contributed by atoms with van der Waals surface area (Å²) in [6, 6.07) is 0. The Morgan fingerprint density at radius 2 is 1.65 bits per heavy atom. The first kappa shape index (κ1) is 16.9. The van der Waals surface area contributed by atoms with Crippen molar-refractivity contribution in [1.82, 2.24) is 0 Å². The molecule has 101 valence electrons. The van der Waals surface area contributed by atoms with Crippen LogP contribution in [0, 0.1) is 0 Å². The summed E-state index contributed by atoms with van der Waals surface area (Å²) in [4.78, 5) is 0. The number of rotatable bonds is 12. The SMILES string of the molecule is C=CCCCCCCCCC(CC)O[Si](C)C. The Morgan fingerprint density at radius 3 is 2.18 bits per heavy atom. The summed E-state index contributed by atoms with van der Waals surface area (Å²) in [6.07, 6.45) is 14.4. The van der Waals surface area contributed by atoms with Gasteiger partial charge in [-0.2, -0.15) is 0 Å². The van der Waals surface area contributed by atoms with Crippen LogP contribution < -0.4 is 0 Å². The first-order valence-corrected chi connectivity index (χ1v) is 9.69. The largest absolute Gasteiger partial charge is 0.414 e. The predicted molar refractivity (Wildman–Crippen MR) is 79.8 cm³/mol. The molecule has 0 aliphatic carbocycles. The van der Waals surface area contributed by atoms with Gasteiger partial charge in [-0.25, -0.2) is 0 Å². The molecule has 0 heterocycles. The van der Waals surface area contributed by atoms with Crippen molar-refractivity contribution in [2.75, 3.05) is 0 Å². The van der Waals surface area contributed by atoms with Gasteiger partial charge < -0.3 is 4.43 Å². The van der Waals surface area contributed by atoms with E-state index in [2.05, 4.69) is 26.6 Å². The van der Waals surface area contributed by atoms with Crippen LogP contribution in [0.3, 0.4) is 0 Å². The highest BCUT2D eigenvalue weighted by atomic mass is 28.3. The number of hydrogen-bond donors (Lipinski definition) is 0. The van der Waals surface area contributed by atoms with Gasteiger partial charge in [-0.05, 0) is 38.8 Å². The van der Waals surface area contributed by atoms with E-state index in [9.17, 15) is 0 Å². The quantitative estimate of drug-likeness (QED) is 0.260. The Labute approximate surface area is 110 Å². The highest BCUT2D eigenvalue weighted by Crippen LogP contribution is 2.13. The van der Waals surface area contributed by atoms with Gasteiger partial charge in [-0.3, -0.25) is 0 Å². The summed E-state index contributed by atoms with van der Waals surface area (Å²) in [5.74, 6) is 0. The molecule has 1 unspecified atom stereocenters. The highest BCUT2D eigenvalue weighted by molar-refractivity contribution is 6.48. The van der Waals surface area contributed by atoms with Gasteiger partial charge in [-0.15, -0.1) is 6.58 Å². The molecule has 0 rings (SSSR count). The predicted octanol–water partition coefficient (Wildman–Crippen LogP) is 5.34. The van der Waals surface area contributed by atoms with Crippen molar-refractivity contribution in [3.63, 3.8) is 0 Å². The van der Waals surface area contributed by atoms with Crippen molar-refractivity contribution >= 4 is 9.04 Å². The van der Waals surface area contributed by atoms with Crippen molar-refractivity contribution in [2.24, 2.45) is 0 Å². The van der Waals surface area contributed by atoms with E-state index in [0.29, 0.717) is 6.10 Å². The lowest BCUT2D eigenvalue weighted by molar-refractivity contribution is 0.185. The minimum Gasteiger partial charge on any atom is -0.414 e. The second-order valence-electron chi connectivity index (χ2n) is 5.04. The molecule has 0 amide bonds. The lowest BCUT2D eigenvalue weighted by Gasteiger charge is -2.18. The van der Waals surface area contributed by atoms with E-state index >= 15 is 0 Å². The molecule has 0 aromatic carbocycles. The van der Waals surface area contributed by atoms with Crippen molar-refractivity contribution in [2.45, 2.75) is 83.9 Å². The van der Waals surface area contributed by atoms with Gasteiger partial charge in [0.15, 0.2) is 0 Å². The van der Waals surface area contributed by atoms with Gasteiger partial charge in [-0.1, -0.05) is 45.1 Å². The maximum Gasteiger partial charge on any atom is 0.205 e. The fourth-order valence-electron chi connectivity index (χ4n) is 2.05. The lowest BCUT2D eigenvalue weighted by atomic mass is 10.1. The molecule has 0 aromatic heterocycles. The second kappa shape index (κ2) is 12.4. The maximum absolute atomic E-state index is 5.95. The fourth-order valence-corrected chi connectivity index (χ4v) is 3.00. The molecule has 1 nitrogen and oxygen atoms in total. The molecule has 0 N–H and O–H groups in total. The van der Waals surface area contributed by atoms with Crippen LogP contribution in [0.2, 0.25) is 13.1 Å². The third kappa shape index (κ3) is 12.2. The van der Waals surface area contributed by atoms with Crippen LogP contribution in [-0.2, 0) is 4.43 Å². The van der Waals surface area contributed by atoms with E-state index in [1.54, 1.807) is 0 Å². The van der Waals surface area contributed by atoms with Crippen LogP contribution in [0.1, 0.15) is 64.7 Å². The van der Waals surface area contributed by atoms with Crippen molar-refractivity contribution in [3.8, 4) is 0 Å². The standard InChI is InChI=1S/C15H31OSi/c1-5-7-8-9-10-11-12-13-14-15(6-2)16-17(3)4/h5,15H,1,6-14H2,2-4H3. The van der Waals surface area contributed by atoms with Gasteiger partial charge in [0.25, 0.3) is 0 Å². The van der Waals surface area contributed by atoms with Crippen LogP contribution in [0.25, 0.3) is 0 Å². The molecule has 2 heteroatoms. The van der Waals surface area contributed by atoms with Crippen LogP contribution in [0.4, 0.5) is 0 Å². The van der Waals surface area contributed by atoms with E-state index in [-0.39, 0.29) is 0 Å². The molecule has 0 bridgehead atoms. The Morgan fingerprint density at radius 1 is 1.06 bits per heavy atom. The van der Waals surface area contributed by atoms with E-state index < -0.39 is 9.04 Å². The monoisotopic (exact) mass is 255 g/mol. The summed E-state index contributed by atoms with van der Waals surface area (Å²) in [5.41, 5.74) is 0. The third-order valence-corrected chi connectivity index (χ3v) is 3.85. The summed E-state index contributed by atoms with van der Waals surface area (Å²) < 4.78 is 5.95. The third-order valence-electron chi connectivity index (χ3n) is 3.04. The fraction of sp³-hybridized carbons (Fsp3) is 0.867. The molecule has 1 atom stereocenters. The summed E-state index contributed by atoms with van der Waals surface area (Å²) in [5, 5.41) is 0. The maximum atomic E-state index is 5.95. The molecule has 0 saturated carbocycles. The minimum absolute atomic E-state index is 0.512. The topological polar surface area (TPSA) is 9.23 Å². The van der Waals surface area contributed by atoms with E-state index in [4.69, 9.17) is 4.43 Å². The smallest absolute Gasteiger partial charge is 0.205 e. The van der Waals surface area contributed by atoms with Gasteiger partial charge in [0.1, 0.15) is 0 Å². The van der Waals surface area contributed by atoms with Gasteiger partial charge in [0.2, 0.25) is 9.04 Å². The normalized spacial score (nSPS) is 12.9. The molecular formula is C15H31OSi. The van der Waals surface area contributed by atoms with E-state index in [1.807, 2.05) is 6.08 Å². The summed E-state index contributed by atoms with van der Waals surface area (Å²) in [6.45, 7) is 10.4. The first-order valence-electron chi connectivity index (χ1n) is 7.28. The molecule has 0 aliphatic rings. The van der Waals surface area contributed by atoms with Crippen molar-refractivity contribution in [1.29, 1.82) is 0 Å². The average Bonchev–Trinajstić information content (AvgIpc) is 2.30. The Bertz CT molecular complexity index is 168. The molecule has 0 saturated heterocycles. The minimum atomic E-state index is -0.512. The van der Waals surface area contributed by atoms with Gasteiger partial charge in [0, 0.05) is 6.10 Å². The van der Waals surface area contributed by atoms with E-state index in [1.165, 1.54) is 57.8 Å². The Kier molecular flexibility index (Phi) is 12.3. The van der Waals surface area contributed by atoms with Gasteiger partial charge >= 0.3 is 0 Å². The molecule has 0 fully saturated rings. The lowest BCUT2D eigenvalue weighted by Crippen LogP contribution is -2.19. The molecule has 0 aliphatic heterocycles. The molecule has 17 heavy (non-hydrogen) atoms. The van der Waals surface area contributed by atoms with Crippen LogP contribution >= 0.6 is 0 Å². The van der Waals surface area contributed by atoms with Crippen LogP contribution in [0.15, 0.2) is 12.7 Å². The Balaban J connectivity index is 3.27. The summed E-state index contributed by atoms with van der Waals surface area (Å²) >= 11 is 0. The molecule has 0 spiro atoms. The first-order chi connectivity index (χ1) is 8.20. The van der Waals surface area contributed by atoms with Crippen LogP contribution in [-0.4, -0.2) is 15.1 Å². The zero-order valence-electron chi connectivity index (χ0n) is 12.1. The molecular weight excluding hydrogens is 224 g/mol. The van der Waals surface area contributed by atoms with Crippen molar-refractivity contribution < 1.29 is 4.43 Å². The number of unbranched alkanes of at least 4 members (excludes halogenated alkanes) is 6.